The molecule has 0 aliphatic heterocycles. The van der Waals surface area contributed by atoms with E-state index in [-0.39, 0.29) is 22.8 Å². The fourth-order valence-corrected chi connectivity index (χ4v) is 4.80. The molecule has 0 heterocycles. The third kappa shape index (κ3) is 5.04. The van der Waals surface area contributed by atoms with Crippen LogP contribution in [0.25, 0.3) is 0 Å². The Labute approximate surface area is 182 Å². The number of carbonyl (C=O) groups is 1. The Kier molecular flexibility index (Phi) is 7.94. The Balaban J connectivity index is 2.41. The minimum Gasteiger partial charge on any atom is -0.496 e. The Morgan fingerprint density at radius 3 is 2.34 bits per heavy atom. The third-order valence-corrected chi connectivity index (χ3v) is 7.43. The molecule has 6 nitrogen and oxygen atoms in total. The number of carbonyl (C=O) groups excluding carboxylic acids is 1. The predicted molar refractivity (Wildman–Crippen MR) is 115 cm³/mol. The fourth-order valence-electron chi connectivity index (χ4n) is 2.93. The van der Waals surface area contributed by atoms with Crippen LogP contribution in [0.4, 0.5) is 0 Å². The number of nitrogens with zero attached hydrogens (tertiary/aromatic N) is 2. The van der Waals surface area contributed by atoms with Crippen molar-refractivity contribution in [1.29, 1.82) is 0 Å². The third-order valence-electron chi connectivity index (χ3n) is 4.53. The van der Waals surface area contributed by atoms with E-state index in [4.69, 9.17) is 27.9 Å². The van der Waals surface area contributed by atoms with Gasteiger partial charge in [-0.1, -0.05) is 49.2 Å². The number of methoxy groups -OCH3 is 1. The van der Waals surface area contributed by atoms with Crippen molar-refractivity contribution in [3.63, 3.8) is 0 Å². The van der Waals surface area contributed by atoms with Crippen LogP contribution in [0.1, 0.15) is 29.8 Å². The van der Waals surface area contributed by atoms with Crippen LogP contribution >= 0.6 is 23.2 Å². The molecule has 0 aromatic heterocycles. The zero-order valence-corrected chi connectivity index (χ0v) is 19.1. The van der Waals surface area contributed by atoms with Crippen LogP contribution in [0.15, 0.2) is 41.3 Å². The maximum absolute atomic E-state index is 13.1. The summed E-state index contributed by atoms with van der Waals surface area (Å²) in [5, 5.41) is 0.772. The molecule has 9 heteroatoms. The van der Waals surface area contributed by atoms with Gasteiger partial charge in [0.1, 0.15) is 5.75 Å². The van der Waals surface area contributed by atoms with Gasteiger partial charge in [0.05, 0.1) is 27.6 Å². The van der Waals surface area contributed by atoms with Gasteiger partial charge in [0.25, 0.3) is 5.91 Å². The molecule has 0 radical (unpaired) electrons. The lowest BCUT2D eigenvalue weighted by Gasteiger charge is -2.22. The monoisotopic (exact) mass is 458 g/mol. The molecule has 29 heavy (non-hydrogen) atoms. The van der Waals surface area contributed by atoms with Gasteiger partial charge in [-0.05, 0) is 29.8 Å². The lowest BCUT2D eigenvalue weighted by atomic mass is 10.1. The molecule has 0 bridgehead atoms. The molecule has 0 unspecified atom stereocenters. The quantitative estimate of drug-likeness (QED) is 0.590. The molecule has 1 amide bonds. The number of rotatable bonds is 8. The first kappa shape index (κ1) is 23.5. The molecule has 158 valence electrons. The van der Waals surface area contributed by atoms with Crippen molar-refractivity contribution in [2.45, 2.75) is 25.3 Å². The van der Waals surface area contributed by atoms with E-state index in [1.165, 1.54) is 34.5 Å². The van der Waals surface area contributed by atoms with Crippen molar-refractivity contribution in [3.05, 3.63) is 57.6 Å². The van der Waals surface area contributed by atoms with E-state index in [1.54, 1.807) is 39.1 Å². The minimum absolute atomic E-state index is 0.0412. The van der Waals surface area contributed by atoms with Gasteiger partial charge in [0, 0.05) is 26.7 Å². The second-order valence-electron chi connectivity index (χ2n) is 6.33. The van der Waals surface area contributed by atoms with Gasteiger partial charge in [-0.25, -0.2) is 8.42 Å². The molecular weight excluding hydrogens is 435 g/mol. The molecule has 0 N–H and O–H groups in total. The summed E-state index contributed by atoms with van der Waals surface area (Å²) in [6, 6.07) is 9.47. The van der Waals surface area contributed by atoms with Crippen LogP contribution in [0.2, 0.25) is 10.0 Å². The summed E-state index contributed by atoms with van der Waals surface area (Å²) in [5.41, 5.74) is 0.835. The highest BCUT2D eigenvalue weighted by atomic mass is 35.5. The highest BCUT2D eigenvalue weighted by Gasteiger charge is 2.25. The number of hydrogen-bond acceptors (Lipinski definition) is 4. The van der Waals surface area contributed by atoms with Crippen LogP contribution in [0.5, 0.6) is 5.75 Å². The van der Waals surface area contributed by atoms with E-state index in [0.29, 0.717) is 28.7 Å². The second kappa shape index (κ2) is 9.80. The number of halogens is 2. The summed E-state index contributed by atoms with van der Waals surface area (Å²) in [5.74, 6) is -0.105. The average molecular weight is 459 g/mol. The van der Waals surface area contributed by atoms with E-state index in [2.05, 4.69) is 0 Å². The normalized spacial score (nSPS) is 11.6. The second-order valence-corrected chi connectivity index (χ2v) is 9.05. The van der Waals surface area contributed by atoms with Gasteiger partial charge in [-0.3, -0.25) is 4.79 Å². The summed E-state index contributed by atoms with van der Waals surface area (Å²) in [6.07, 6.45) is 0. The van der Waals surface area contributed by atoms with Crippen LogP contribution in [-0.4, -0.2) is 50.8 Å². The van der Waals surface area contributed by atoms with Gasteiger partial charge in [-0.15, -0.1) is 0 Å². The number of hydrogen-bond donors (Lipinski definition) is 0. The lowest BCUT2D eigenvalue weighted by molar-refractivity contribution is 0.0781. The molecule has 0 aliphatic rings. The van der Waals surface area contributed by atoms with Crippen LogP contribution in [-0.2, 0) is 16.6 Å². The van der Waals surface area contributed by atoms with E-state index >= 15 is 0 Å². The van der Waals surface area contributed by atoms with E-state index in [0.717, 1.165) is 0 Å². The van der Waals surface area contributed by atoms with Crippen molar-refractivity contribution < 1.29 is 17.9 Å². The SMILES string of the molecule is CCN(CC)S(=O)(=O)c1ccc(OC)c(C(=O)N(C)Cc2cccc(Cl)c2Cl)c1. The van der Waals surface area contributed by atoms with E-state index < -0.39 is 15.9 Å². The van der Waals surface area contributed by atoms with Crippen molar-refractivity contribution in [1.82, 2.24) is 9.21 Å². The summed E-state index contributed by atoms with van der Waals surface area (Å²) in [4.78, 5) is 14.5. The number of ether oxygens (including phenoxy) is 1. The van der Waals surface area contributed by atoms with Crippen molar-refractivity contribution in [2.75, 3.05) is 27.2 Å². The molecule has 2 aromatic rings. The van der Waals surface area contributed by atoms with Crippen LogP contribution in [0.3, 0.4) is 0 Å². The van der Waals surface area contributed by atoms with Gasteiger partial charge in [0.15, 0.2) is 0 Å². The molecule has 2 aromatic carbocycles. The summed E-state index contributed by atoms with van der Waals surface area (Å²) in [7, 11) is -0.680. The van der Waals surface area contributed by atoms with Crippen LogP contribution in [0, 0.1) is 0 Å². The maximum atomic E-state index is 13.1. The highest BCUT2D eigenvalue weighted by molar-refractivity contribution is 7.89. The molecule has 0 saturated carbocycles. The zero-order valence-electron chi connectivity index (χ0n) is 16.8. The van der Waals surface area contributed by atoms with Gasteiger partial charge < -0.3 is 9.64 Å². The summed E-state index contributed by atoms with van der Waals surface area (Å²) in [6.45, 7) is 4.40. The van der Waals surface area contributed by atoms with Crippen LogP contribution < -0.4 is 4.74 Å². The molecule has 0 atom stereocenters. The zero-order chi connectivity index (χ0) is 21.8. The maximum Gasteiger partial charge on any atom is 0.257 e. The van der Waals surface area contributed by atoms with Crippen molar-refractivity contribution >= 4 is 39.1 Å². The molecule has 0 fully saturated rings. The predicted octanol–water partition coefficient (Wildman–Crippen LogP) is 4.30. The molecule has 0 saturated heterocycles. The summed E-state index contributed by atoms with van der Waals surface area (Å²) >= 11 is 12.3. The highest BCUT2D eigenvalue weighted by Crippen LogP contribution is 2.29. The largest absolute Gasteiger partial charge is 0.496 e. The van der Waals surface area contributed by atoms with Gasteiger partial charge >= 0.3 is 0 Å². The Bertz CT molecular complexity index is 992. The molecular formula is C20H24Cl2N2O4S. The van der Waals surface area contributed by atoms with Crippen molar-refractivity contribution in [3.8, 4) is 5.75 Å². The lowest BCUT2D eigenvalue weighted by Crippen LogP contribution is -2.31. The summed E-state index contributed by atoms with van der Waals surface area (Å²) < 4.78 is 32.3. The van der Waals surface area contributed by atoms with Gasteiger partial charge in [-0.2, -0.15) is 4.31 Å². The minimum atomic E-state index is -3.71. The standard InChI is InChI=1S/C20H24Cl2N2O4S/c1-5-24(6-2)29(26,27)15-10-11-18(28-4)16(12-15)20(25)23(3)13-14-8-7-9-17(21)19(14)22/h7-12H,5-6,13H2,1-4H3. The first-order valence-electron chi connectivity index (χ1n) is 9.03. The Morgan fingerprint density at radius 1 is 1.10 bits per heavy atom. The fraction of sp³-hybridized carbons (Fsp3) is 0.350. The molecule has 0 aliphatic carbocycles. The number of benzene rings is 2. The first-order valence-corrected chi connectivity index (χ1v) is 11.2. The first-order chi connectivity index (χ1) is 13.7. The molecule has 2 rings (SSSR count). The number of sulfonamides is 1. The van der Waals surface area contributed by atoms with Crippen molar-refractivity contribution in [2.24, 2.45) is 0 Å². The number of amides is 1. The van der Waals surface area contributed by atoms with Gasteiger partial charge in [0.2, 0.25) is 10.0 Å². The smallest absolute Gasteiger partial charge is 0.257 e. The van der Waals surface area contributed by atoms with E-state index in [9.17, 15) is 13.2 Å². The molecule has 0 spiro atoms. The Morgan fingerprint density at radius 2 is 1.76 bits per heavy atom. The Hall–Kier alpha value is -1.80. The van der Waals surface area contributed by atoms with E-state index in [1.807, 2.05) is 0 Å². The average Bonchev–Trinajstić information content (AvgIpc) is 2.70. The topological polar surface area (TPSA) is 66.9 Å².